The molecule has 0 saturated carbocycles. The summed E-state index contributed by atoms with van der Waals surface area (Å²) < 4.78 is 0. The van der Waals surface area contributed by atoms with Gasteiger partial charge in [0.1, 0.15) is 0 Å². The summed E-state index contributed by atoms with van der Waals surface area (Å²) in [5.41, 5.74) is 0. The molecule has 0 aromatic carbocycles. The molecular weight excluding hydrogens is 252 g/mol. The minimum atomic E-state index is 0.803. The molecule has 128 valence electrons. The van der Waals surface area contributed by atoms with Crippen molar-refractivity contribution in [1.29, 1.82) is 0 Å². The van der Waals surface area contributed by atoms with Gasteiger partial charge in [-0.05, 0) is 47.8 Å². The zero-order valence-corrected chi connectivity index (χ0v) is 16.6. The Morgan fingerprint density at radius 2 is 1.14 bits per heavy atom. The Kier molecular flexibility index (Phi) is 10.7. The van der Waals surface area contributed by atoms with Crippen molar-refractivity contribution < 1.29 is 0 Å². The van der Waals surface area contributed by atoms with Gasteiger partial charge in [0.2, 0.25) is 0 Å². The van der Waals surface area contributed by atoms with Gasteiger partial charge >= 0.3 is 0 Å². The molecule has 0 spiro atoms. The van der Waals surface area contributed by atoms with E-state index >= 15 is 0 Å². The first kappa shape index (κ1) is 21.0. The van der Waals surface area contributed by atoms with Gasteiger partial charge in [-0.1, -0.05) is 88.0 Å². The van der Waals surface area contributed by atoms with Crippen LogP contribution in [0.1, 0.15) is 94.4 Å². The summed E-state index contributed by atoms with van der Waals surface area (Å²) in [4.78, 5) is 0. The first-order chi connectivity index (χ1) is 9.76. The molecule has 0 amide bonds. The van der Waals surface area contributed by atoms with Crippen molar-refractivity contribution in [3.8, 4) is 0 Å². The van der Waals surface area contributed by atoms with Gasteiger partial charge in [0.25, 0.3) is 0 Å². The van der Waals surface area contributed by atoms with Gasteiger partial charge in [-0.25, -0.2) is 0 Å². The van der Waals surface area contributed by atoms with Crippen LogP contribution in [0.2, 0.25) is 0 Å². The van der Waals surface area contributed by atoms with Gasteiger partial charge in [0.05, 0.1) is 0 Å². The summed E-state index contributed by atoms with van der Waals surface area (Å²) in [5, 5.41) is 0. The topological polar surface area (TPSA) is 0 Å². The third kappa shape index (κ3) is 7.20. The van der Waals surface area contributed by atoms with Crippen molar-refractivity contribution in [3.05, 3.63) is 0 Å². The standard InChI is InChI=1S/C21H44/c1-10-19(11-2)13-12-14-20(16(5)6)21(17(7)8)18(9)15(3)4/h15-21H,10-14H2,1-9H3. The van der Waals surface area contributed by atoms with Crippen molar-refractivity contribution in [2.45, 2.75) is 94.4 Å². The zero-order chi connectivity index (χ0) is 16.6. The van der Waals surface area contributed by atoms with Crippen LogP contribution in [0.25, 0.3) is 0 Å². The molecule has 0 aliphatic carbocycles. The van der Waals surface area contributed by atoms with Gasteiger partial charge in [0.15, 0.2) is 0 Å². The Labute approximate surface area is 136 Å². The van der Waals surface area contributed by atoms with Crippen molar-refractivity contribution in [3.63, 3.8) is 0 Å². The molecule has 21 heavy (non-hydrogen) atoms. The zero-order valence-electron chi connectivity index (χ0n) is 16.6. The maximum Gasteiger partial charge on any atom is -0.0332 e. The Bertz CT molecular complexity index is 234. The molecule has 3 unspecified atom stereocenters. The molecule has 0 aromatic heterocycles. The summed E-state index contributed by atoms with van der Waals surface area (Å²) >= 11 is 0. The van der Waals surface area contributed by atoms with Crippen LogP contribution in [0.4, 0.5) is 0 Å². The van der Waals surface area contributed by atoms with Gasteiger partial charge in [-0.2, -0.15) is 0 Å². The van der Waals surface area contributed by atoms with E-state index in [0.717, 1.165) is 41.4 Å². The van der Waals surface area contributed by atoms with Gasteiger partial charge in [-0.3, -0.25) is 0 Å². The van der Waals surface area contributed by atoms with Gasteiger partial charge in [-0.15, -0.1) is 0 Å². The lowest BCUT2D eigenvalue weighted by molar-refractivity contribution is 0.0963. The van der Waals surface area contributed by atoms with Crippen LogP contribution in [0.5, 0.6) is 0 Å². The number of hydrogen-bond donors (Lipinski definition) is 0. The summed E-state index contributed by atoms with van der Waals surface area (Å²) in [6, 6.07) is 0. The maximum atomic E-state index is 2.49. The first-order valence-corrected chi connectivity index (χ1v) is 9.76. The van der Waals surface area contributed by atoms with Crippen molar-refractivity contribution >= 4 is 0 Å². The Morgan fingerprint density at radius 3 is 1.48 bits per heavy atom. The predicted molar refractivity (Wildman–Crippen MR) is 98.6 cm³/mol. The fourth-order valence-corrected chi connectivity index (χ4v) is 4.25. The highest BCUT2D eigenvalue weighted by atomic mass is 14.4. The molecule has 0 saturated heterocycles. The van der Waals surface area contributed by atoms with E-state index in [2.05, 4.69) is 62.3 Å². The monoisotopic (exact) mass is 296 g/mol. The molecule has 0 rings (SSSR count). The van der Waals surface area contributed by atoms with Crippen LogP contribution in [0.3, 0.4) is 0 Å². The fourth-order valence-electron chi connectivity index (χ4n) is 4.25. The molecule has 0 bridgehead atoms. The molecule has 0 radical (unpaired) electrons. The van der Waals surface area contributed by atoms with Crippen LogP contribution in [-0.4, -0.2) is 0 Å². The molecule has 0 aliphatic rings. The van der Waals surface area contributed by atoms with Crippen LogP contribution in [0, 0.1) is 41.4 Å². The number of hydrogen-bond acceptors (Lipinski definition) is 0. The molecule has 0 nitrogen and oxygen atoms in total. The second kappa shape index (κ2) is 10.7. The molecule has 0 fully saturated rings. The van der Waals surface area contributed by atoms with Crippen LogP contribution < -0.4 is 0 Å². The predicted octanol–water partition coefficient (Wildman–Crippen LogP) is 7.43. The summed E-state index contributed by atoms with van der Waals surface area (Å²) in [6.07, 6.45) is 7.03. The third-order valence-electron chi connectivity index (χ3n) is 6.08. The van der Waals surface area contributed by atoms with E-state index in [0.29, 0.717) is 0 Å². The number of rotatable bonds is 11. The Hall–Kier alpha value is 0. The molecule has 3 atom stereocenters. The van der Waals surface area contributed by atoms with E-state index in [4.69, 9.17) is 0 Å². The average Bonchev–Trinajstić information content (AvgIpc) is 2.40. The van der Waals surface area contributed by atoms with E-state index in [1.165, 1.54) is 32.1 Å². The second-order valence-corrected chi connectivity index (χ2v) is 8.45. The van der Waals surface area contributed by atoms with Gasteiger partial charge < -0.3 is 0 Å². The highest BCUT2D eigenvalue weighted by Gasteiger charge is 2.32. The SMILES string of the molecule is CCC(CC)CCCC(C(C)C)C(C(C)C)C(C)C(C)C. The average molecular weight is 297 g/mol. The lowest BCUT2D eigenvalue weighted by Gasteiger charge is -2.39. The summed E-state index contributed by atoms with van der Waals surface area (Å²) in [5.74, 6) is 6.01. The van der Waals surface area contributed by atoms with Crippen molar-refractivity contribution in [2.24, 2.45) is 41.4 Å². The van der Waals surface area contributed by atoms with Gasteiger partial charge in [0, 0.05) is 0 Å². The first-order valence-electron chi connectivity index (χ1n) is 9.76. The van der Waals surface area contributed by atoms with Crippen LogP contribution >= 0.6 is 0 Å². The van der Waals surface area contributed by atoms with Crippen LogP contribution in [-0.2, 0) is 0 Å². The highest BCUT2D eigenvalue weighted by molar-refractivity contribution is 4.81. The van der Waals surface area contributed by atoms with Crippen LogP contribution in [0.15, 0.2) is 0 Å². The van der Waals surface area contributed by atoms with E-state index < -0.39 is 0 Å². The molecule has 0 heteroatoms. The van der Waals surface area contributed by atoms with E-state index in [9.17, 15) is 0 Å². The highest BCUT2D eigenvalue weighted by Crippen LogP contribution is 2.39. The van der Waals surface area contributed by atoms with E-state index in [1.807, 2.05) is 0 Å². The Morgan fingerprint density at radius 1 is 0.619 bits per heavy atom. The second-order valence-electron chi connectivity index (χ2n) is 8.45. The van der Waals surface area contributed by atoms with E-state index in [-0.39, 0.29) is 0 Å². The molecule has 0 aliphatic heterocycles. The minimum Gasteiger partial charge on any atom is -0.0651 e. The van der Waals surface area contributed by atoms with E-state index in [1.54, 1.807) is 0 Å². The Balaban J connectivity index is 4.76. The van der Waals surface area contributed by atoms with Crippen molar-refractivity contribution in [1.82, 2.24) is 0 Å². The quantitative estimate of drug-likeness (QED) is 0.372. The lowest BCUT2D eigenvalue weighted by atomic mass is 9.66. The summed E-state index contributed by atoms with van der Waals surface area (Å²) in [6.45, 7) is 21.8. The van der Waals surface area contributed by atoms with Crippen molar-refractivity contribution in [2.75, 3.05) is 0 Å². The lowest BCUT2D eigenvalue weighted by Crippen LogP contribution is -2.32. The fraction of sp³-hybridized carbons (Fsp3) is 1.00. The summed E-state index contributed by atoms with van der Waals surface area (Å²) in [7, 11) is 0. The normalized spacial score (nSPS) is 17.0. The molecular formula is C21H44. The minimum absolute atomic E-state index is 0.803. The third-order valence-corrected chi connectivity index (χ3v) is 6.08. The largest absolute Gasteiger partial charge is 0.0651 e. The molecule has 0 heterocycles. The molecule has 0 aromatic rings. The molecule has 0 N–H and O–H groups in total. The smallest absolute Gasteiger partial charge is 0.0332 e. The maximum absolute atomic E-state index is 2.49.